The van der Waals surface area contributed by atoms with Crippen LogP contribution in [0.2, 0.25) is 0 Å². The average Bonchev–Trinajstić information content (AvgIpc) is 2.81. The number of benzene rings is 2. The quantitative estimate of drug-likeness (QED) is 0.713. The van der Waals surface area contributed by atoms with Crippen LogP contribution in [0.1, 0.15) is 40.2 Å². The number of rotatable bonds is 5. The molecule has 0 unspecified atom stereocenters. The molecule has 1 aliphatic heterocycles. The summed E-state index contributed by atoms with van der Waals surface area (Å²) in [6.45, 7) is 1.26. The molecule has 1 aliphatic rings. The normalized spacial score (nSPS) is 14.5. The highest BCUT2D eigenvalue weighted by atomic mass is 16.2. The van der Waals surface area contributed by atoms with Gasteiger partial charge in [-0.3, -0.25) is 14.6 Å². The number of aromatic nitrogens is 1. The van der Waals surface area contributed by atoms with Crippen molar-refractivity contribution >= 4 is 11.8 Å². The summed E-state index contributed by atoms with van der Waals surface area (Å²) in [5.41, 5.74) is 2.56. The lowest BCUT2D eigenvalue weighted by molar-refractivity contribution is -0.132. The molecule has 5 heteroatoms. The van der Waals surface area contributed by atoms with Crippen LogP contribution in [0.15, 0.2) is 85.2 Å². The Morgan fingerprint density at radius 1 is 0.867 bits per heavy atom. The predicted octanol–water partition coefficient (Wildman–Crippen LogP) is 3.63. The van der Waals surface area contributed by atoms with Crippen LogP contribution < -0.4 is 5.32 Å². The second kappa shape index (κ2) is 9.35. The van der Waals surface area contributed by atoms with Gasteiger partial charge in [0.2, 0.25) is 5.91 Å². The van der Waals surface area contributed by atoms with Crippen molar-refractivity contribution < 1.29 is 9.59 Å². The molecule has 1 N–H and O–H groups in total. The zero-order valence-corrected chi connectivity index (χ0v) is 16.8. The van der Waals surface area contributed by atoms with Crippen molar-refractivity contribution in [1.82, 2.24) is 15.2 Å². The number of piperidine rings is 1. The highest BCUT2D eigenvalue weighted by molar-refractivity contribution is 5.94. The Labute approximate surface area is 176 Å². The van der Waals surface area contributed by atoms with Gasteiger partial charge in [0, 0.05) is 31.5 Å². The lowest BCUT2D eigenvalue weighted by atomic mass is 9.89. The molecular formula is C25H25N3O2. The van der Waals surface area contributed by atoms with Gasteiger partial charge in [-0.2, -0.15) is 0 Å². The van der Waals surface area contributed by atoms with Crippen LogP contribution in [0.3, 0.4) is 0 Å². The summed E-state index contributed by atoms with van der Waals surface area (Å²) < 4.78 is 0. The van der Waals surface area contributed by atoms with Crippen molar-refractivity contribution in [3.8, 4) is 0 Å². The van der Waals surface area contributed by atoms with E-state index in [-0.39, 0.29) is 23.8 Å². The number of pyridine rings is 1. The van der Waals surface area contributed by atoms with Gasteiger partial charge in [-0.25, -0.2) is 0 Å². The maximum absolute atomic E-state index is 13.5. The smallest absolute Gasteiger partial charge is 0.253 e. The van der Waals surface area contributed by atoms with Gasteiger partial charge in [0.05, 0.1) is 11.5 Å². The van der Waals surface area contributed by atoms with Crippen molar-refractivity contribution in [3.63, 3.8) is 0 Å². The largest absolute Gasteiger partial charge is 0.349 e. The van der Waals surface area contributed by atoms with Gasteiger partial charge in [-0.05, 0) is 36.1 Å². The molecule has 0 aliphatic carbocycles. The van der Waals surface area contributed by atoms with Crippen molar-refractivity contribution in [3.05, 3.63) is 102 Å². The van der Waals surface area contributed by atoms with E-state index >= 15 is 0 Å². The molecule has 0 atom stereocenters. The third-order valence-electron chi connectivity index (χ3n) is 5.58. The van der Waals surface area contributed by atoms with Crippen molar-refractivity contribution in [2.75, 3.05) is 13.1 Å². The van der Waals surface area contributed by atoms with E-state index in [0.717, 1.165) is 24.0 Å². The number of nitrogens with zero attached hydrogens (tertiary/aromatic N) is 2. The Bertz CT molecular complexity index is 930. The SMILES string of the molecule is O=C(NC1CCN(C(=O)C(c2ccccc2)c2ccccc2)CC1)c1cccnc1. The zero-order chi connectivity index (χ0) is 20.8. The van der Waals surface area contributed by atoms with E-state index < -0.39 is 0 Å². The molecule has 4 rings (SSSR count). The Balaban J connectivity index is 1.43. The molecule has 2 amide bonds. The lowest BCUT2D eigenvalue weighted by Crippen LogP contribution is -2.47. The van der Waals surface area contributed by atoms with Crippen LogP contribution in [0.5, 0.6) is 0 Å². The van der Waals surface area contributed by atoms with Crippen LogP contribution in [0.4, 0.5) is 0 Å². The molecule has 5 nitrogen and oxygen atoms in total. The molecule has 1 fully saturated rings. The minimum atomic E-state index is -0.311. The van der Waals surface area contributed by atoms with Gasteiger partial charge in [-0.1, -0.05) is 60.7 Å². The molecule has 1 aromatic heterocycles. The Kier molecular flexibility index (Phi) is 6.18. The molecule has 152 valence electrons. The first-order chi connectivity index (χ1) is 14.7. The van der Waals surface area contributed by atoms with Gasteiger partial charge in [-0.15, -0.1) is 0 Å². The lowest BCUT2D eigenvalue weighted by Gasteiger charge is -2.35. The van der Waals surface area contributed by atoms with Gasteiger partial charge in [0.1, 0.15) is 0 Å². The molecular weight excluding hydrogens is 374 g/mol. The first-order valence-corrected chi connectivity index (χ1v) is 10.3. The summed E-state index contributed by atoms with van der Waals surface area (Å²) in [6, 6.07) is 23.4. The summed E-state index contributed by atoms with van der Waals surface area (Å²) in [5, 5.41) is 3.07. The van der Waals surface area contributed by atoms with Gasteiger partial charge < -0.3 is 10.2 Å². The summed E-state index contributed by atoms with van der Waals surface area (Å²) >= 11 is 0. The van der Waals surface area contributed by atoms with Crippen LogP contribution in [0.25, 0.3) is 0 Å². The van der Waals surface area contributed by atoms with E-state index in [9.17, 15) is 9.59 Å². The van der Waals surface area contributed by atoms with E-state index in [1.807, 2.05) is 65.6 Å². The van der Waals surface area contributed by atoms with Crippen LogP contribution in [0, 0.1) is 0 Å². The van der Waals surface area contributed by atoms with Crippen LogP contribution in [-0.4, -0.2) is 40.8 Å². The highest BCUT2D eigenvalue weighted by Gasteiger charge is 2.30. The minimum absolute atomic E-state index is 0.0636. The number of amides is 2. The number of hydrogen-bond donors (Lipinski definition) is 1. The van der Waals surface area contributed by atoms with Gasteiger partial charge in [0.15, 0.2) is 0 Å². The summed E-state index contributed by atoms with van der Waals surface area (Å²) in [5.74, 6) is -0.308. The highest BCUT2D eigenvalue weighted by Crippen LogP contribution is 2.28. The van der Waals surface area contributed by atoms with E-state index in [1.165, 1.54) is 0 Å². The van der Waals surface area contributed by atoms with E-state index in [1.54, 1.807) is 24.5 Å². The number of carbonyl (C=O) groups is 2. The Morgan fingerprint density at radius 2 is 1.47 bits per heavy atom. The third-order valence-corrected chi connectivity index (χ3v) is 5.58. The predicted molar refractivity (Wildman–Crippen MR) is 116 cm³/mol. The zero-order valence-electron chi connectivity index (χ0n) is 16.8. The summed E-state index contributed by atoms with van der Waals surface area (Å²) in [4.78, 5) is 31.8. The van der Waals surface area contributed by atoms with Crippen molar-refractivity contribution in [2.24, 2.45) is 0 Å². The average molecular weight is 399 g/mol. The Hall–Kier alpha value is -3.47. The van der Waals surface area contributed by atoms with Gasteiger partial charge in [0.25, 0.3) is 5.91 Å². The van der Waals surface area contributed by atoms with E-state index in [4.69, 9.17) is 0 Å². The molecule has 0 radical (unpaired) electrons. The maximum atomic E-state index is 13.5. The number of hydrogen-bond acceptors (Lipinski definition) is 3. The maximum Gasteiger partial charge on any atom is 0.253 e. The van der Waals surface area contributed by atoms with Crippen LogP contribution >= 0.6 is 0 Å². The molecule has 1 saturated heterocycles. The molecule has 0 bridgehead atoms. The second-order valence-electron chi connectivity index (χ2n) is 7.57. The van der Waals surface area contributed by atoms with E-state index in [0.29, 0.717) is 18.7 Å². The van der Waals surface area contributed by atoms with Crippen molar-refractivity contribution in [1.29, 1.82) is 0 Å². The first kappa shape index (κ1) is 19.8. The van der Waals surface area contributed by atoms with Crippen molar-refractivity contribution in [2.45, 2.75) is 24.8 Å². The van der Waals surface area contributed by atoms with Crippen LogP contribution in [-0.2, 0) is 4.79 Å². The molecule has 2 heterocycles. The fourth-order valence-electron chi connectivity index (χ4n) is 3.96. The molecule has 0 saturated carbocycles. The molecule has 30 heavy (non-hydrogen) atoms. The Morgan fingerprint density at radius 3 is 2.00 bits per heavy atom. The number of likely N-dealkylation sites (tertiary alicyclic amines) is 1. The molecule has 0 spiro atoms. The summed E-state index contributed by atoms with van der Waals surface area (Å²) in [6.07, 6.45) is 4.71. The van der Waals surface area contributed by atoms with E-state index in [2.05, 4.69) is 10.3 Å². The standard InChI is InChI=1S/C25H25N3O2/c29-24(21-12-7-15-26-18-21)27-22-13-16-28(17-14-22)25(30)23(19-8-3-1-4-9-19)20-10-5-2-6-11-20/h1-12,15,18,22-23H,13-14,16-17H2,(H,27,29). The first-order valence-electron chi connectivity index (χ1n) is 10.3. The number of nitrogens with one attached hydrogen (secondary N) is 1. The number of carbonyl (C=O) groups excluding carboxylic acids is 2. The minimum Gasteiger partial charge on any atom is -0.349 e. The molecule has 2 aromatic carbocycles. The second-order valence-corrected chi connectivity index (χ2v) is 7.57. The summed E-state index contributed by atoms with van der Waals surface area (Å²) in [7, 11) is 0. The topological polar surface area (TPSA) is 62.3 Å². The molecule has 3 aromatic rings. The third kappa shape index (κ3) is 4.57. The fraction of sp³-hybridized carbons (Fsp3) is 0.240. The monoisotopic (exact) mass is 399 g/mol. The van der Waals surface area contributed by atoms with Gasteiger partial charge >= 0.3 is 0 Å². The fourth-order valence-corrected chi connectivity index (χ4v) is 3.96.